The molecule has 0 fully saturated rings. The molecule has 1 atom stereocenters. The molecule has 0 aliphatic carbocycles. The molecular weight excluding hydrogens is 170 g/mol. The smallest absolute Gasteiger partial charge is 0.190 e. The number of ether oxygens (including phenoxy) is 1. The molecule has 0 aromatic heterocycles. The van der Waals surface area contributed by atoms with Gasteiger partial charge in [-0.15, -0.1) is 0 Å². The third-order valence-electron chi connectivity index (χ3n) is 1.94. The summed E-state index contributed by atoms with van der Waals surface area (Å²) in [7, 11) is 0. The molecule has 0 radical (unpaired) electrons. The van der Waals surface area contributed by atoms with Gasteiger partial charge in [-0.1, -0.05) is 26.7 Å². The Labute approximate surface area is 79.8 Å². The van der Waals surface area contributed by atoms with E-state index in [1.807, 2.05) is 0 Å². The summed E-state index contributed by atoms with van der Waals surface area (Å²) in [6.45, 7) is 4.22. The van der Waals surface area contributed by atoms with Gasteiger partial charge in [-0.2, -0.15) is 0 Å². The summed E-state index contributed by atoms with van der Waals surface area (Å²) in [6.07, 6.45) is 4.32. The maximum atomic E-state index is 7.50. The zero-order valence-electron chi connectivity index (χ0n) is 7.80. The van der Waals surface area contributed by atoms with Gasteiger partial charge in [-0.3, -0.25) is 5.41 Å². The molecule has 0 heterocycles. The van der Waals surface area contributed by atoms with Crippen molar-refractivity contribution in [1.29, 1.82) is 5.41 Å². The zero-order chi connectivity index (χ0) is 9.40. The van der Waals surface area contributed by atoms with Gasteiger partial charge >= 0.3 is 0 Å². The third-order valence-corrected chi connectivity index (χ3v) is 2.04. The molecule has 70 valence electrons. The van der Waals surface area contributed by atoms with Crippen molar-refractivity contribution < 1.29 is 4.74 Å². The largest absolute Gasteiger partial charge is 0.440 e. The number of hydrogen-bond donors (Lipinski definition) is 1. The van der Waals surface area contributed by atoms with Crippen LogP contribution in [0.5, 0.6) is 0 Å². The summed E-state index contributed by atoms with van der Waals surface area (Å²) in [5.74, 6) is 0.574. The lowest BCUT2D eigenvalue weighted by atomic mass is 9.99. The molecular formula is C9H17NOS. The number of nitrogens with one attached hydrogen (secondary N) is 1. The summed E-state index contributed by atoms with van der Waals surface area (Å²) in [4.78, 5) is 0. The molecule has 0 amide bonds. The lowest BCUT2D eigenvalue weighted by Gasteiger charge is -2.13. The zero-order valence-corrected chi connectivity index (χ0v) is 8.62. The normalized spacial score (nSPS) is 12.2. The van der Waals surface area contributed by atoms with E-state index < -0.39 is 0 Å². The molecule has 0 spiro atoms. The van der Waals surface area contributed by atoms with E-state index in [1.54, 1.807) is 0 Å². The average Bonchev–Trinajstić information content (AvgIpc) is 2.06. The van der Waals surface area contributed by atoms with E-state index in [4.69, 9.17) is 10.1 Å². The van der Waals surface area contributed by atoms with Gasteiger partial charge < -0.3 is 4.74 Å². The second kappa shape index (κ2) is 7.22. The summed E-state index contributed by atoms with van der Waals surface area (Å²) in [6, 6.07) is 0. The lowest BCUT2D eigenvalue weighted by Crippen LogP contribution is -2.15. The fourth-order valence-electron chi connectivity index (χ4n) is 1.12. The van der Waals surface area contributed by atoms with Crippen LogP contribution in [-0.2, 0) is 4.74 Å². The summed E-state index contributed by atoms with van der Waals surface area (Å²) < 4.78 is 4.87. The van der Waals surface area contributed by atoms with E-state index >= 15 is 0 Å². The molecule has 0 aliphatic rings. The van der Waals surface area contributed by atoms with Crippen LogP contribution in [0.25, 0.3) is 0 Å². The molecule has 3 heteroatoms. The van der Waals surface area contributed by atoms with Gasteiger partial charge in [0.2, 0.25) is 0 Å². The minimum atomic E-state index is 0.254. The van der Waals surface area contributed by atoms with Crippen LogP contribution in [0, 0.1) is 11.3 Å². The van der Waals surface area contributed by atoms with E-state index in [9.17, 15) is 0 Å². The van der Waals surface area contributed by atoms with Crippen LogP contribution < -0.4 is 0 Å². The summed E-state index contributed by atoms with van der Waals surface area (Å²) in [5.41, 5.74) is 1.16. The number of hydrogen-bond acceptors (Lipinski definition) is 3. The van der Waals surface area contributed by atoms with Gasteiger partial charge in [-0.25, -0.2) is 0 Å². The van der Waals surface area contributed by atoms with E-state index in [2.05, 4.69) is 26.1 Å². The van der Waals surface area contributed by atoms with Crippen molar-refractivity contribution >= 4 is 23.7 Å². The Morgan fingerprint density at radius 3 is 2.67 bits per heavy atom. The SMILES string of the molecule is CCCCC(CC)C(=N)OC=S. The second-order valence-corrected chi connectivity index (χ2v) is 3.02. The van der Waals surface area contributed by atoms with Gasteiger partial charge in [0.1, 0.15) is 0 Å². The van der Waals surface area contributed by atoms with Crippen LogP contribution in [0.15, 0.2) is 0 Å². The fraction of sp³-hybridized carbons (Fsp3) is 0.778. The number of rotatable bonds is 6. The first kappa shape index (κ1) is 11.6. The minimum Gasteiger partial charge on any atom is -0.440 e. The Bertz CT molecular complexity index is 147. The monoisotopic (exact) mass is 187 g/mol. The Morgan fingerprint density at radius 1 is 1.58 bits per heavy atom. The standard InChI is InChI=1S/C9H17NOS/c1-3-5-6-8(4-2)9(10)11-7-12/h7-8,10H,3-6H2,1-2H3. The van der Waals surface area contributed by atoms with Crippen molar-refractivity contribution in [2.45, 2.75) is 39.5 Å². The lowest BCUT2D eigenvalue weighted by molar-refractivity contribution is 0.457. The third kappa shape index (κ3) is 4.44. The molecule has 0 aliphatic heterocycles. The van der Waals surface area contributed by atoms with Gasteiger partial charge in [0.15, 0.2) is 11.5 Å². The number of unbranched alkanes of at least 4 members (excludes halogenated alkanes) is 1. The van der Waals surface area contributed by atoms with Crippen molar-refractivity contribution in [3.63, 3.8) is 0 Å². The molecule has 12 heavy (non-hydrogen) atoms. The van der Waals surface area contributed by atoms with E-state index in [0.717, 1.165) is 24.8 Å². The second-order valence-electron chi connectivity index (χ2n) is 2.83. The highest BCUT2D eigenvalue weighted by Gasteiger charge is 2.12. The van der Waals surface area contributed by atoms with Crippen LogP contribution in [0.2, 0.25) is 0 Å². The molecule has 2 nitrogen and oxygen atoms in total. The predicted octanol–water partition coefficient (Wildman–Crippen LogP) is 3.15. The van der Waals surface area contributed by atoms with Crippen molar-refractivity contribution in [3.8, 4) is 0 Å². The molecule has 1 unspecified atom stereocenters. The Morgan fingerprint density at radius 2 is 2.25 bits per heavy atom. The van der Waals surface area contributed by atoms with Crippen LogP contribution in [-0.4, -0.2) is 11.5 Å². The van der Waals surface area contributed by atoms with Gasteiger partial charge in [-0.05, 0) is 25.1 Å². The molecule has 0 saturated heterocycles. The summed E-state index contributed by atoms with van der Waals surface area (Å²) >= 11 is 4.52. The first-order valence-corrected chi connectivity index (χ1v) is 4.92. The Hall–Kier alpha value is -0.440. The topological polar surface area (TPSA) is 33.1 Å². The Kier molecular flexibility index (Phi) is 6.96. The first-order chi connectivity index (χ1) is 5.76. The first-order valence-electron chi connectivity index (χ1n) is 4.44. The van der Waals surface area contributed by atoms with E-state index in [-0.39, 0.29) is 5.92 Å². The molecule has 0 aromatic carbocycles. The molecule has 0 aromatic rings. The molecule has 1 N–H and O–H groups in total. The van der Waals surface area contributed by atoms with Crippen molar-refractivity contribution in [3.05, 3.63) is 0 Å². The quantitative estimate of drug-likeness (QED) is 0.393. The van der Waals surface area contributed by atoms with Gasteiger partial charge in [0.25, 0.3) is 0 Å². The number of thiocarbonyl (C=S) groups is 1. The maximum absolute atomic E-state index is 7.50. The van der Waals surface area contributed by atoms with Gasteiger partial charge in [0, 0.05) is 5.92 Å². The van der Waals surface area contributed by atoms with E-state index in [0.29, 0.717) is 5.90 Å². The van der Waals surface area contributed by atoms with Crippen LogP contribution in [0.1, 0.15) is 39.5 Å². The highest BCUT2D eigenvalue weighted by molar-refractivity contribution is 7.78. The van der Waals surface area contributed by atoms with Crippen LogP contribution in [0.4, 0.5) is 0 Å². The Balaban J connectivity index is 3.78. The highest BCUT2D eigenvalue weighted by atomic mass is 32.1. The van der Waals surface area contributed by atoms with Gasteiger partial charge in [0.05, 0.1) is 0 Å². The van der Waals surface area contributed by atoms with Crippen LogP contribution in [0.3, 0.4) is 0 Å². The average molecular weight is 187 g/mol. The highest BCUT2D eigenvalue weighted by Crippen LogP contribution is 2.13. The maximum Gasteiger partial charge on any atom is 0.190 e. The minimum absolute atomic E-state index is 0.254. The van der Waals surface area contributed by atoms with E-state index in [1.165, 1.54) is 6.42 Å². The fourth-order valence-corrected chi connectivity index (χ4v) is 1.22. The molecule has 0 saturated carbocycles. The van der Waals surface area contributed by atoms with Crippen molar-refractivity contribution in [2.24, 2.45) is 5.92 Å². The van der Waals surface area contributed by atoms with Crippen LogP contribution >= 0.6 is 12.2 Å². The predicted molar refractivity (Wildman–Crippen MR) is 55.8 cm³/mol. The van der Waals surface area contributed by atoms with Crippen molar-refractivity contribution in [1.82, 2.24) is 0 Å². The summed E-state index contributed by atoms with van der Waals surface area (Å²) in [5, 5.41) is 7.50. The molecule has 0 bridgehead atoms. The van der Waals surface area contributed by atoms with Crippen molar-refractivity contribution in [2.75, 3.05) is 0 Å². The molecule has 0 rings (SSSR count).